The molecule has 3 aromatic rings. The molecule has 0 aliphatic heterocycles. The molecule has 0 spiro atoms. The summed E-state index contributed by atoms with van der Waals surface area (Å²) in [7, 11) is 0. The summed E-state index contributed by atoms with van der Waals surface area (Å²) in [6.07, 6.45) is -4.41. The molecule has 1 amide bonds. The molecule has 1 aromatic carbocycles. The first-order valence-corrected chi connectivity index (χ1v) is 7.72. The van der Waals surface area contributed by atoms with E-state index in [0.29, 0.717) is 11.5 Å². The first-order chi connectivity index (χ1) is 11.3. The summed E-state index contributed by atoms with van der Waals surface area (Å²) >= 11 is 1.46. The molecular formula is C16H11F3N2O2S. The second-order valence-corrected chi connectivity index (χ2v) is 6.01. The van der Waals surface area contributed by atoms with Crippen molar-refractivity contribution in [3.8, 4) is 11.5 Å². The smallest absolute Gasteiger partial charge is 0.416 e. The van der Waals surface area contributed by atoms with Crippen LogP contribution in [0.3, 0.4) is 0 Å². The van der Waals surface area contributed by atoms with Gasteiger partial charge in [0.15, 0.2) is 11.5 Å². The average molecular weight is 352 g/mol. The van der Waals surface area contributed by atoms with Crippen molar-refractivity contribution in [1.29, 1.82) is 0 Å². The molecule has 8 heteroatoms. The third kappa shape index (κ3) is 3.48. The highest BCUT2D eigenvalue weighted by Gasteiger charge is 2.30. The van der Waals surface area contributed by atoms with E-state index in [4.69, 9.17) is 4.42 Å². The Balaban J connectivity index is 1.72. The van der Waals surface area contributed by atoms with Crippen LogP contribution in [0.25, 0.3) is 11.5 Å². The molecule has 3 rings (SSSR count). The first-order valence-electron chi connectivity index (χ1n) is 6.84. The molecule has 0 saturated heterocycles. The fraction of sp³-hybridized carbons (Fsp3) is 0.125. The van der Waals surface area contributed by atoms with Crippen LogP contribution < -0.4 is 5.32 Å². The normalized spacial score (nSPS) is 11.5. The number of rotatable bonds is 3. The summed E-state index contributed by atoms with van der Waals surface area (Å²) in [5.74, 6) is -0.0413. The average Bonchev–Trinajstić information content (AvgIpc) is 3.15. The maximum Gasteiger partial charge on any atom is 0.416 e. The van der Waals surface area contributed by atoms with E-state index >= 15 is 0 Å². The number of hydrogen-bond donors (Lipinski definition) is 1. The zero-order valence-corrected chi connectivity index (χ0v) is 13.2. The van der Waals surface area contributed by atoms with Crippen LogP contribution in [0.15, 0.2) is 46.2 Å². The van der Waals surface area contributed by atoms with Crippen molar-refractivity contribution in [2.45, 2.75) is 13.1 Å². The lowest BCUT2D eigenvalue weighted by atomic mass is 10.2. The topological polar surface area (TPSA) is 55.1 Å². The monoisotopic (exact) mass is 352 g/mol. The second-order valence-electron chi connectivity index (χ2n) is 4.94. The summed E-state index contributed by atoms with van der Waals surface area (Å²) in [4.78, 5) is 16.4. The van der Waals surface area contributed by atoms with Gasteiger partial charge in [0.05, 0.1) is 10.6 Å². The lowest BCUT2D eigenvalue weighted by Crippen LogP contribution is -2.11. The van der Waals surface area contributed by atoms with E-state index in [0.717, 1.165) is 17.1 Å². The fourth-order valence-electron chi connectivity index (χ4n) is 2.01. The molecule has 0 aliphatic rings. The van der Waals surface area contributed by atoms with Crippen LogP contribution >= 0.6 is 11.3 Å². The number of hydrogen-bond acceptors (Lipinski definition) is 4. The first kappa shape index (κ1) is 16.3. The predicted molar refractivity (Wildman–Crippen MR) is 84.0 cm³/mol. The summed E-state index contributed by atoms with van der Waals surface area (Å²) in [6.45, 7) is 1.86. The van der Waals surface area contributed by atoms with Gasteiger partial charge in [-0.15, -0.1) is 11.3 Å². The SMILES string of the molecule is Cc1nc(-c2ccc(C(=O)Nc3ccc(C(F)(F)F)cc3)o2)cs1. The Hall–Kier alpha value is -2.61. The van der Waals surface area contributed by atoms with E-state index < -0.39 is 17.6 Å². The molecule has 124 valence electrons. The minimum absolute atomic E-state index is 0.0514. The van der Waals surface area contributed by atoms with E-state index in [-0.39, 0.29) is 11.4 Å². The van der Waals surface area contributed by atoms with Gasteiger partial charge in [-0.1, -0.05) is 0 Å². The molecule has 2 heterocycles. The fourth-order valence-corrected chi connectivity index (χ4v) is 2.61. The Kier molecular flexibility index (Phi) is 4.15. The van der Waals surface area contributed by atoms with E-state index in [1.807, 2.05) is 12.3 Å². The van der Waals surface area contributed by atoms with E-state index in [9.17, 15) is 18.0 Å². The van der Waals surface area contributed by atoms with Crippen LogP contribution in [0.4, 0.5) is 18.9 Å². The standard InChI is InChI=1S/C16H11F3N2O2S/c1-9-20-12(8-24-9)13-6-7-14(23-13)15(22)21-11-4-2-10(3-5-11)16(17,18)19/h2-8H,1H3,(H,21,22). The Morgan fingerprint density at radius 2 is 1.88 bits per heavy atom. The highest BCUT2D eigenvalue weighted by Crippen LogP contribution is 2.30. The molecule has 0 radical (unpaired) electrons. The summed E-state index contributed by atoms with van der Waals surface area (Å²) in [5, 5.41) is 5.17. The lowest BCUT2D eigenvalue weighted by Gasteiger charge is -2.08. The summed E-state index contributed by atoms with van der Waals surface area (Å²) < 4.78 is 43.0. The number of amides is 1. The van der Waals surface area contributed by atoms with Crippen molar-refractivity contribution in [2.24, 2.45) is 0 Å². The Bertz CT molecular complexity index is 866. The molecule has 0 aliphatic carbocycles. The number of thiazole rings is 1. The highest BCUT2D eigenvalue weighted by molar-refractivity contribution is 7.09. The van der Waals surface area contributed by atoms with Gasteiger partial charge in [-0.25, -0.2) is 4.98 Å². The van der Waals surface area contributed by atoms with Crippen molar-refractivity contribution < 1.29 is 22.4 Å². The quantitative estimate of drug-likeness (QED) is 0.723. The number of halogens is 3. The van der Waals surface area contributed by atoms with Gasteiger partial charge in [0.2, 0.25) is 0 Å². The van der Waals surface area contributed by atoms with Gasteiger partial charge < -0.3 is 9.73 Å². The minimum Gasteiger partial charge on any atom is -0.449 e. The number of nitrogens with zero attached hydrogens (tertiary/aromatic N) is 1. The summed E-state index contributed by atoms with van der Waals surface area (Å²) in [5.41, 5.74) is 0.0984. The number of nitrogens with one attached hydrogen (secondary N) is 1. The van der Waals surface area contributed by atoms with Crippen LogP contribution in [0.2, 0.25) is 0 Å². The van der Waals surface area contributed by atoms with Gasteiger partial charge in [0.25, 0.3) is 5.91 Å². The van der Waals surface area contributed by atoms with Crippen molar-refractivity contribution >= 4 is 22.9 Å². The van der Waals surface area contributed by atoms with Crippen LogP contribution in [0.5, 0.6) is 0 Å². The number of benzene rings is 1. The Labute approximate surface area is 139 Å². The van der Waals surface area contributed by atoms with Crippen LogP contribution in [0, 0.1) is 6.92 Å². The second kappa shape index (κ2) is 6.12. The lowest BCUT2D eigenvalue weighted by molar-refractivity contribution is -0.137. The van der Waals surface area contributed by atoms with Gasteiger partial charge in [0.1, 0.15) is 5.69 Å². The molecule has 4 nitrogen and oxygen atoms in total. The van der Waals surface area contributed by atoms with Gasteiger partial charge in [-0.05, 0) is 43.3 Å². The van der Waals surface area contributed by atoms with Crippen LogP contribution in [-0.4, -0.2) is 10.9 Å². The van der Waals surface area contributed by atoms with Gasteiger partial charge in [-0.3, -0.25) is 4.79 Å². The molecule has 24 heavy (non-hydrogen) atoms. The van der Waals surface area contributed by atoms with Gasteiger partial charge in [-0.2, -0.15) is 13.2 Å². The molecule has 0 unspecified atom stereocenters. The number of alkyl halides is 3. The van der Waals surface area contributed by atoms with Crippen LogP contribution in [-0.2, 0) is 6.18 Å². The number of aromatic nitrogens is 1. The predicted octanol–water partition coefficient (Wildman–Crippen LogP) is 4.98. The van der Waals surface area contributed by atoms with Crippen molar-refractivity contribution in [3.63, 3.8) is 0 Å². The maximum atomic E-state index is 12.5. The number of aryl methyl sites for hydroxylation is 1. The van der Waals surface area contributed by atoms with Crippen molar-refractivity contribution in [3.05, 3.63) is 58.1 Å². The number of carbonyl (C=O) groups is 1. The number of anilines is 1. The van der Waals surface area contributed by atoms with Gasteiger partial charge in [0, 0.05) is 11.1 Å². The molecule has 0 bridgehead atoms. The maximum absolute atomic E-state index is 12.5. The Morgan fingerprint density at radius 3 is 2.46 bits per heavy atom. The van der Waals surface area contributed by atoms with Crippen molar-refractivity contribution in [2.75, 3.05) is 5.32 Å². The third-order valence-corrected chi connectivity index (χ3v) is 3.94. The zero-order chi connectivity index (χ0) is 17.3. The molecule has 0 saturated carbocycles. The molecule has 0 atom stereocenters. The largest absolute Gasteiger partial charge is 0.449 e. The third-order valence-electron chi connectivity index (χ3n) is 3.17. The van der Waals surface area contributed by atoms with E-state index in [2.05, 4.69) is 10.3 Å². The van der Waals surface area contributed by atoms with E-state index in [1.165, 1.54) is 29.5 Å². The number of furan rings is 1. The minimum atomic E-state index is -4.41. The van der Waals surface area contributed by atoms with Crippen LogP contribution in [0.1, 0.15) is 21.1 Å². The number of carbonyl (C=O) groups excluding carboxylic acids is 1. The van der Waals surface area contributed by atoms with Crippen molar-refractivity contribution in [1.82, 2.24) is 4.98 Å². The molecular weight excluding hydrogens is 341 g/mol. The molecule has 2 aromatic heterocycles. The zero-order valence-electron chi connectivity index (χ0n) is 12.3. The summed E-state index contributed by atoms with van der Waals surface area (Å²) in [6, 6.07) is 7.30. The molecule has 0 fully saturated rings. The highest BCUT2D eigenvalue weighted by atomic mass is 32.1. The Morgan fingerprint density at radius 1 is 1.17 bits per heavy atom. The van der Waals surface area contributed by atoms with Gasteiger partial charge >= 0.3 is 6.18 Å². The molecule has 1 N–H and O–H groups in total. The van der Waals surface area contributed by atoms with E-state index in [1.54, 1.807) is 6.07 Å².